The van der Waals surface area contributed by atoms with E-state index in [0.29, 0.717) is 26.2 Å². The van der Waals surface area contributed by atoms with Gasteiger partial charge in [0.05, 0.1) is 14.6 Å². The smallest absolute Gasteiger partial charge is 0.161 e. The number of nitrogen functional groups attached to an aromatic ring is 1. The maximum atomic E-state index is 13.5. The lowest BCUT2D eigenvalue weighted by Gasteiger charge is -2.08. The van der Waals surface area contributed by atoms with Gasteiger partial charge in [-0.05, 0) is 56.5 Å². The Morgan fingerprint density at radius 3 is 2.61 bits per heavy atom. The summed E-state index contributed by atoms with van der Waals surface area (Å²) in [4.78, 5) is 8.53. The summed E-state index contributed by atoms with van der Waals surface area (Å²) in [5.41, 5.74) is 7.21. The Labute approximate surface area is 121 Å². The standard InChI is InChI=1S/C12H10Br2FN3/c1-2-9-10(14)11(16)18-12(17-9)6-3-4-7(13)8(15)5-6/h3-5H,2H2,1H3,(H2,16,17,18). The van der Waals surface area contributed by atoms with Gasteiger partial charge < -0.3 is 5.73 Å². The highest BCUT2D eigenvalue weighted by atomic mass is 79.9. The number of aryl methyl sites for hydroxylation is 1. The van der Waals surface area contributed by atoms with E-state index in [1.807, 2.05) is 6.92 Å². The van der Waals surface area contributed by atoms with E-state index in [9.17, 15) is 4.39 Å². The van der Waals surface area contributed by atoms with Crippen molar-refractivity contribution in [3.8, 4) is 11.4 Å². The van der Waals surface area contributed by atoms with Gasteiger partial charge in [0.25, 0.3) is 0 Å². The first kappa shape index (κ1) is 13.4. The molecule has 0 aliphatic rings. The van der Waals surface area contributed by atoms with Crippen LogP contribution in [0, 0.1) is 5.82 Å². The molecule has 0 spiro atoms. The average Bonchev–Trinajstić information content (AvgIpc) is 2.36. The number of halogens is 3. The van der Waals surface area contributed by atoms with Crippen molar-refractivity contribution >= 4 is 37.7 Å². The topological polar surface area (TPSA) is 51.8 Å². The van der Waals surface area contributed by atoms with Crippen molar-refractivity contribution in [3.05, 3.63) is 38.7 Å². The molecule has 18 heavy (non-hydrogen) atoms. The van der Waals surface area contributed by atoms with Crippen LogP contribution in [0.25, 0.3) is 11.4 Å². The summed E-state index contributed by atoms with van der Waals surface area (Å²) < 4.78 is 14.6. The number of benzene rings is 1. The molecule has 2 N–H and O–H groups in total. The minimum Gasteiger partial charge on any atom is -0.383 e. The van der Waals surface area contributed by atoms with Crippen molar-refractivity contribution < 1.29 is 4.39 Å². The average molecular weight is 375 g/mol. The molecule has 1 aromatic heterocycles. The monoisotopic (exact) mass is 373 g/mol. The number of nitrogens with two attached hydrogens (primary N) is 1. The summed E-state index contributed by atoms with van der Waals surface area (Å²) in [6.07, 6.45) is 0.722. The molecule has 1 heterocycles. The summed E-state index contributed by atoms with van der Waals surface area (Å²) >= 11 is 6.45. The normalized spacial score (nSPS) is 10.7. The van der Waals surface area contributed by atoms with Gasteiger partial charge in [0.1, 0.15) is 11.6 Å². The fourth-order valence-electron chi connectivity index (χ4n) is 1.51. The van der Waals surface area contributed by atoms with Gasteiger partial charge in [-0.1, -0.05) is 6.92 Å². The molecule has 0 aliphatic carbocycles. The predicted molar refractivity (Wildman–Crippen MR) is 76.6 cm³/mol. The number of anilines is 1. The molecule has 0 fully saturated rings. The van der Waals surface area contributed by atoms with Crippen LogP contribution in [0.3, 0.4) is 0 Å². The van der Waals surface area contributed by atoms with E-state index >= 15 is 0 Å². The van der Waals surface area contributed by atoms with Crippen molar-refractivity contribution in [1.29, 1.82) is 0 Å². The zero-order chi connectivity index (χ0) is 13.3. The summed E-state index contributed by atoms with van der Waals surface area (Å²) in [5.74, 6) is 0.440. The molecule has 6 heteroatoms. The highest BCUT2D eigenvalue weighted by Crippen LogP contribution is 2.27. The lowest BCUT2D eigenvalue weighted by Crippen LogP contribution is -2.02. The third kappa shape index (κ3) is 2.54. The molecule has 0 atom stereocenters. The van der Waals surface area contributed by atoms with Crippen LogP contribution in [0.15, 0.2) is 27.1 Å². The Bertz CT molecular complexity index is 602. The Morgan fingerprint density at radius 1 is 1.28 bits per heavy atom. The number of rotatable bonds is 2. The van der Waals surface area contributed by atoms with Crippen LogP contribution in [0.5, 0.6) is 0 Å². The summed E-state index contributed by atoms with van der Waals surface area (Å²) in [7, 11) is 0. The Morgan fingerprint density at radius 2 is 2.00 bits per heavy atom. The van der Waals surface area contributed by atoms with E-state index in [2.05, 4.69) is 41.8 Å². The molecule has 0 amide bonds. The highest BCUT2D eigenvalue weighted by Gasteiger charge is 2.11. The molecular formula is C12H10Br2FN3. The first-order chi connectivity index (χ1) is 8.52. The molecule has 94 valence electrons. The van der Waals surface area contributed by atoms with E-state index in [-0.39, 0.29) is 5.82 Å². The van der Waals surface area contributed by atoms with Crippen LogP contribution >= 0.6 is 31.9 Å². The van der Waals surface area contributed by atoms with E-state index in [1.165, 1.54) is 6.07 Å². The van der Waals surface area contributed by atoms with E-state index < -0.39 is 0 Å². The molecule has 2 aromatic rings. The Balaban J connectivity index is 2.57. The summed E-state index contributed by atoms with van der Waals surface area (Å²) in [6, 6.07) is 4.75. The molecule has 2 rings (SSSR count). The molecule has 0 unspecified atom stereocenters. The maximum absolute atomic E-state index is 13.5. The van der Waals surface area contributed by atoms with Crippen LogP contribution in [0.2, 0.25) is 0 Å². The van der Waals surface area contributed by atoms with Gasteiger partial charge in [0.2, 0.25) is 0 Å². The van der Waals surface area contributed by atoms with Crippen molar-refractivity contribution in [2.75, 3.05) is 5.73 Å². The second-order valence-electron chi connectivity index (χ2n) is 3.68. The van der Waals surface area contributed by atoms with Crippen LogP contribution in [-0.4, -0.2) is 9.97 Å². The van der Waals surface area contributed by atoms with Gasteiger partial charge >= 0.3 is 0 Å². The van der Waals surface area contributed by atoms with Crippen LogP contribution in [0.1, 0.15) is 12.6 Å². The third-order valence-electron chi connectivity index (χ3n) is 2.46. The quantitative estimate of drug-likeness (QED) is 0.865. The van der Waals surface area contributed by atoms with Crippen LogP contribution < -0.4 is 5.73 Å². The maximum Gasteiger partial charge on any atom is 0.161 e. The molecule has 1 aromatic carbocycles. The van der Waals surface area contributed by atoms with Crippen molar-refractivity contribution in [2.24, 2.45) is 0 Å². The van der Waals surface area contributed by atoms with E-state index in [1.54, 1.807) is 12.1 Å². The molecule has 0 aliphatic heterocycles. The molecule has 0 saturated heterocycles. The second kappa shape index (κ2) is 5.32. The molecule has 0 radical (unpaired) electrons. The summed E-state index contributed by atoms with van der Waals surface area (Å²) in [6.45, 7) is 1.97. The highest BCUT2D eigenvalue weighted by molar-refractivity contribution is 9.11. The minimum absolute atomic E-state index is 0.351. The fourth-order valence-corrected chi connectivity index (χ4v) is 2.22. The first-order valence-electron chi connectivity index (χ1n) is 5.30. The molecule has 0 saturated carbocycles. The van der Waals surface area contributed by atoms with Crippen molar-refractivity contribution in [3.63, 3.8) is 0 Å². The molecular weight excluding hydrogens is 365 g/mol. The van der Waals surface area contributed by atoms with Crippen LogP contribution in [-0.2, 0) is 6.42 Å². The number of hydrogen-bond acceptors (Lipinski definition) is 3. The second-order valence-corrected chi connectivity index (χ2v) is 5.32. The van der Waals surface area contributed by atoms with Gasteiger partial charge in [-0.3, -0.25) is 0 Å². The SMILES string of the molecule is CCc1nc(-c2ccc(Br)c(F)c2)nc(N)c1Br. The predicted octanol–water partition coefficient (Wildman–Crippen LogP) is 3.95. The zero-order valence-electron chi connectivity index (χ0n) is 9.54. The minimum atomic E-state index is -0.351. The van der Waals surface area contributed by atoms with E-state index in [0.717, 1.165) is 12.1 Å². The van der Waals surface area contributed by atoms with Gasteiger partial charge in [-0.25, -0.2) is 14.4 Å². The molecule has 0 bridgehead atoms. The number of hydrogen-bond donors (Lipinski definition) is 1. The summed E-state index contributed by atoms with van der Waals surface area (Å²) in [5, 5.41) is 0. The number of nitrogens with zero attached hydrogens (tertiary/aromatic N) is 2. The lowest BCUT2D eigenvalue weighted by atomic mass is 10.2. The molecule has 3 nitrogen and oxygen atoms in total. The van der Waals surface area contributed by atoms with Crippen LogP contribution in [0.4, 0.5) is 10.2 Å². The Hall–Kier alpha value is -1.01. The zero-order valence-corrected chi connectivity index (χ0v) is 12.7. The first-order valence-corrected chi connectivity index (χ1v) is 6.88. The number of aromatic nitrogens is 2. The Kier molecular flexibility index (Phi) is 3.97. The van der Waals surface area contributed by atoms with E-state index in [4.69, 9.17) is 5.73 Å². The van der Waals surface area contributed by atoms with Gasteiger partial charge in [-0.15, -0.1) is 0 Å². The van der Waals surface area contributed by atoms with Gasteiger partial charge in [-0.2, -0.15) is 0 Å². The van der Waals surface area contributed by atoms with Gasteiger partial charge in [0, 0.05) is 5.56 Å². The van der Waals surface area contributed by atoms with Gasteiger partial charge in [0.15, 0.2) is 5.82 Å². The van der Waals surface area contributed by atoms with Crippen molar-refractivity contribution in [2.45, 2.75) is 13.3 Å². The fraction of sp³-hybridized carbons (Fsp3) is 0.167. The third-order valence-corrected chi connectivity index (χ3v) is 3.97. The largest absolute Gasteiger partial charge is 0.383 e. The lowest BCUT2D eigenvalue weighted by molar-refractivity contribution is 0.621. The van der Waals surface area contributed by atoms with Crippen molar-refractivity contribution in [1.82, 2.24) is 9.97 Å².